The molecule has 0 aliphatic carbocycles. The molecule has 0 heterocycles. The van der Waals surface area contributed by atoms with Gasteiger partial charge in [0.1, 0.15) is 6.04 Å². The SMILES string of the molecule is Cc1cc(C)cc(CC(=O)N(Cc2ccccc2)[C@@H](Cc2ccccc2)C(=O)NC(C)C)c1. The second-order valence-electron chi connectivity index (χ2n) is 9.05. The van der Waals surface area contributed by atoms with Crippen molar-refractivity contribution in [2.45, 2.75) is 59.2 Å². The number of carbonyl (C=O) groups excluding carboxylic acids is 2. The second-order valence-corrected chi connectivity index (χ2v) is 9.05. The van der Waals surface area contributed by atoms with Crippen LogP contribution in [0.25, 0.3) is 0 Å². The van der Waals surface area contributed by atoms with Crippen molar-refractivity contribution in [1.82, 2.24) is 10.2 Å². The monoisotopic (exact) mass is 442 g/mol. The zero-order valence-electron chi connectivity index (χ0n) is 20.0. The van der Waals surface area contributed by atoms with Gasteiger partial charge in [0.25, 0.3) is 0 Å². The van der Waals surface area contributed by atoms with Crippen LogP contribution in [0.2, 0.25) is 0 Å². The van der Waals surface area contributed by atoms with Crippen LogP contribution in [0.15, 0.2) is 78.9 Å². The van der Waals surface area contributed by atoms with Crippen LogP contribution in [0.4, 0.5) is 0 Å². The molecule has 2 amide bonds. The second kappa shape index (κ2) is 11.5. The number of hydrogen-bond acceptors (Lipinski definition) is 2. The summed E-state index contributed by atoms with van der Waals surface area (Å²) in [5.41, 5.74) is 5.26. The van der Waals surface area contributed by atoms with E-state index in [1.807, 2.05) is 100 Å². The maximum Gasteiger partial charge on any atom is 0.243 e. The third-order valence-corrected chi connectivity index (χ3v) is 5.53. The Morgan fingerprint density at radius 1 is 0.788 bits per heavy atom. The molecule has 33 heavy (non-hydrogen) atoms. The van der Waals surface area contributed by atoms with Gasteiger partial charge in [-0.2, -0.15) is 0 Å². The fourth-order valence-corrected chi connectivity index (χ4v) is 4.16. The first-order valence-corrected chi connectivity index (χ1v) is 11.6. The van der Waals surface area contributed by atoms with Gasteiger partial charge >= 0.3 is 0 Å². The molecule has 0 spiro atoms. The summed E-state index contributed by atoms with van der Waals surface area (Å²) in [5, 5.41) is 3.03. The van der Waals surface area contributed by atoms with E-state index in [-0.39, 0.29) is 24.3 Å². The molecule has 0 radical (unpaired) electrons. The Bertz CT molecular complexity index is 1040. The largest absolute Gasteiger partial charge is 0.352 e. The molecule has 4 heteroatoms. The zero-order valence-corrected chi connectivity index (χ0v) is 20.0. The predicted molar refractivity (Wildman–Crippen MR) is 134 cm³/mol. The number of hydrogen-bond donors (Lipinski definition) is 1. The van der Waals surface area contributed by atoms with E-state index in [9.17, 15) is 9.59 Å². The summed E-state index contributed by atoms with van der Waals surface area (Å²) in [4.78, 5) is 28.8. The van der Waals surface area contributed by atoms with E-state index < -0.39 is 6.04 Å². The molecule has 4 nitrogen and oxygen atoms in total. The highest BCUT2D eigenvalue weighted by Gasteiger charge is 2.30. The first kappa shape index (κ1) is 24.2. The minimum Gasteiger partial charge on any atom is -0.352 e. The van der Waals surface area contributed by atoms with Crippen LogP contribution in [-0.4, -0.2) is 28.8 Å². The first-order chi connectivity index (χ1) is 15.8. The van der Waals surface area contributed by atoms with Crippen molar-refractivity contribution < 1.29 is 9.59 Å². The molecule has 0 aromatic heterocycles. The number of carbonyl (C=O) groups is 2. The van der Waals surface area contributed by atoms with Crippen molar-refractivity contribution in [3.05, 3.63) is 107 Å². The summed E-state index contributed by atoms with van der Waals surface area (Å²) in [7, 11) is 0. The van der Waals surface area contributed by atoms with Gasteiger partial charge in [-0.1, -0.05) is 90.0 Å². The van der Waals surface area contributed by atoms with Crippen LogP contribution in [0.1, 0.15) is 41.7 Å². The lowest BCUT2D eigenvalue weighted by Crippen LogP contribution is -2.52. The molecular weight excluding hydrogens is 408 g/mol. The fraction of sp³-hybridized carbons (Fsp3) is 0.310. The van der Waals surface area contributed by atoms with E-state index >= 15 is 0 Å². The lowest BCUT2D eigenvalue weighted by Gasteiger charge is -2.32. The number of amides is 2. The Kier molecular flexibility index (Phi) is 8.42. The topological polar surface area (TPSA) is 49.4 Å². The van der Waals surface area contributed by atoms with Crippen molar-refractivity contribution in [3.63, 3.8) is 0 Å². The summed E-state index contributed by atoms with van der Waals surface area (Å²) < 4.78 is 0. The molecule has 1 N–H and O–H groups in total. The highest BCUT2D eigenvalue weighted by atomic mass is 16.2. The summed E-state index contributed by atoms with van der Waals surface area (Å²) >= 11 is 0. The van der Waals surface area contributed by atoms with Gasteiger partial charge in [0.15, 0.2) is 0 Å². The molecule has 3 aromatic rings. The van der Waals surface area contributed by atoms with E-state index in [0.717, 1.165) is 27.8 Å². The van der Waals surface area contributed by atoms with E-state index in [2.05, 4.69) is 11.4 Å². The average molecular weight is 443 g/mol. The Morgan fingerprint density at radius 3 is 1.88 bits per heavy atom. The van der Waals surface area contributed by atoms with Crippen LogP contribution >= 0.6 is 0 Å². The third-order valence-electron chi connectivity index (χ3n) is 5.53. The molecule has 0 unspecified atom stereocenters. The van der Waals surface area contributed by atoms with E-state index in [0.29, 0.717) is 13.0 Å². The molecule has 3 rings (SSSR count). The maximum atomic E-state index is 13.7. The van der Waals surface area contributed by atoms with Crippen molar-refractivity contribution in [2.75, 3.05) is 0 Å². The quantitative estimate of drug-likeness (QED) is 0.506. The van der Waals surface area contributed by atoms with Gasteiger partial charge in [0, 0.05) is 19.0 Å². The Hall–Kier alpha value is -3.40. The molecule has 172 valence electrons. The molecule has 0 bridgehead atoms. The molecule has 0 aliphatic rings. The van der Waals surface area contributed by atoms with Gasteiger partial charge in [-0.05, 0) is 44.4 Å². The van der Waals surface area contributed by atoms with Gasteiger partial charge in [0.05, 0.1) is 6.42 Å². The van der Waals surface area contributed by atoms with Gasteiger partial charge in [-0.3, -0.25) is 9.59 Å². The lowest BCUT2D eigenvalue weighted by atomic mass is 10.00. The number of nitrogens with one attached hydrogen (secondary N) is 1. The summed E-state index contributed by atoms with van der Waals surface area (Å²) in [6.07, 6.45) is 0.723. The highest BCUT2D eigenvalue weighted by molar-refractivity contribution is 5.89. The van der Waals surface area contributed by atoms with Crippen LogP contribution in [0.3, 0.4) is 0 Å². The number of aryl methyl sites for hydroxylation is 2. The average Bonchev–Trinajstić information content (AvgIpc) is 2.76. The number of nitrogens with zero attached hydrogens (tertiary/aromatic N) is 1. The third kappa shape index (κ3) is 7.31. The van der Waals surface area contributed by atoms with Crippen molar-refractivity contribution in [3.8, 4) is 0 Å². The molecule has 3 aromatic carbocycles. The fourth-order valence-electron chi connectivity index (χ4n) is 4.16. The van der Waals surface area contributed by atoms with E-state index in [1.54, 1.807) is 4.90 Å². The summed E-state index contributed by atoms with van der Waals surface area (Å²) in [5.74, 6) is -0.178. The van der Waals surface area contributed by atoms with Crippen LogP contribution in [-0.2, 0) is 29.0 Å². The predicted octanol–water partition coefficient (Wildman–Crippen LogP) is 5.01. The molecular formula is C29H34N2O2. The minimum absolute atomic E-state index is 0.0103. The minimum atomic E-state index is -0.603. The van der Waals surface area contributed by atoms with Gasteiger partial charge < -0.3 is 10.2 Å². The summed E-state index contributed by atoms with van der Waals surface area (Å²) in [6.45, 7) is 8.34. The highest BCUT2D eigenvalue weighted by Crippen LogP contribution is 2.18. The molecule has 0 saturated carbocycles. The maximum absolute atomic E-state index is 13.7. The molecule has 0 fully saturated rings. The lowest BCUT2D eigenvalue weighted by molar-refractivity contribution is -0.141. The number of rotatable bonds is 9. The van der Waals surface area contributed by atoms with E-state index in [1.165, 1.54) is 0 Å². The van der Waals surface area contributed by atoms with Gasteiger partial charge in [-0.15, -0.1) is 0 Å². The molecule has 1 atom stereocenters. The van der Waals surface area contributed by atoms with Crippen LogP contribution < -0.4 is 5.32 Å². The molecule has 0 saturated heterocycles. The smallest absolute Gasteiger partial charge is 0.243 e. The van der Waals surface area contributed by atoms with Gasteiger partial charge in [-0.25, -0.2) is 0 Å². The Morgan fingerprint density at radius 2 is 1.33 bits per heavy atom. The summed E-state index contributed by atoms with van der Waals surface area (Å²) in [6, 6.07) is 25.3. The van der Waals surface area contributed by atoms with Gasteiger partial charge in [0.2, 0.25) is 11.8 Å². The van der Waals surface area contributed by atoms with E-state index in [4.69, 9.17) is 0 Å². The normalized spacial score (nSPS) is 11.8. The van der Waals surface area contributed by atoms with Crippen LogP contribution in [0.5, 0.6) is 0 Å². The van der Waals surface area contributed by atoms with Crippen molar-refractivity contribution >= 4 is 11.8 Å². The Balaban J connectivity index is 1.96. The van der Waals surface area contributed by atoms with Crippen LogP contribution in [0, 0.1) is 13.8 Å². The van der Waals surface area contributed by atoms with Crippen molar-refractivity contribution in [1.29, 1.82) is 0 Å². The standard InChI is InChI=1S/C29H34N2O2/c1-21(2)30-29(33)27(18-24-11-7-5-8-12-24)31(20-25-13-9-6-10-14-25)28(32)19-26-16-22(3)15-23(4)17-26/h5-17,21,27H,18-20H2,1-4H3,(H,30,33)/t27-/m0/s1. The van der Waals surface area contributed by atoms with Crippen molar-refractivity contribution in [2.24, 2.45) is 0 Å². The molecule has 0 aliphatic heterocycles. The Labute approximate surface area is 197 Å². The number of benzene rings is 3. The first-order valence-electron chi connectivity index (χ1n) is 11.6. The zero-order chi connectivity index (χ0) is 23.8.